The van der Waals surface area contributed by atoms with E-state index in [2.05, 4.69) is 19.9 Å². The van der Waals surface area contributed by atoms with Gasteiger partial charge in [0.25, 0.3) is 0 Å². The monoisotopic (exact) mass is 286 g/mol. The van der Waals surface area contributed by atoms with Crippen LogP contribution in [0.4, 0.5) is 0 Å². The molecule has 0 spiro atoms. The van der Waals surface area contributed by atoms with Gasteiger partial charge in [0.1, 0.15) is 15.6 Å². The minimum absolute atomic E-state index is 0.262. The number of aromatic carboxylic acids is 1. The first kappa shape index (κ1) is 12.5. The number of carbonyl (C=O) groups is 1. The lowest BCUT2D eigenvalue weighted by Gasteiger charge is -1.99. The highest BCUT2D eigenvalue weighted by molar-refractivity contribution is 7.17. The van der Waals surface area contributed by atoms with Gasteiger partial charge in [-0.05, 0) is 19.1 Å². The summed E-state index contributed by atoms with van der Waals surface area (Å²) in [6.45, 7) is 1.69. The Morgan fingerprint density at radius 3 is 2.85 bits per heavy atom. The molecule has 0 amide bonds. The van der Waals surface area contributed by atoms with Crippen LogP contribution in [-0.4, -0.2) is 31.0 Å². The summed E-state index contributed by atoms with van der Waals surface area (Å²) >= 11 is 1.16. The van der Waals surface area contributed by atoms with Gasteiger partial charge in [-0.15, -0.1) is 11.3 Å². The van der Waals surface area contributed by atoms with Crippen molar-refractivity contribution >= 4 is 17.3 Å². The van der Waals surface area contributed by atoms with E-state index in [0.29, 0.717) is 16.4 Å². The summed E-state index contributed by atoms with van der Waals surface area (Å²) in [4.78, 5) is 26.9. The SMILES string of the molecule is Cc1nc(-c2ccnc(-c3c[nH]cn3)c2)sc1C(=O)O. The first-order valence-electron chi connectivity index (χ1n) is 5.81. The number of aryl methyl sites for hydroxylation is 1. The molecule has 0 saturated carbocycles. The van der Waals surface area contributed by atoms with Gasteiger partial charge in [0.15, 0.2) is 0 Å². The van der Waals surface area contributed by atoms with E-state index < -0.39 is 5.97 Å². The van der Waals surface area contributed by atoms with Gasteiger partial charge >= 0.3 is 5.97 Å². The van der Waals surface area contributed by atoms with Crippen LogP contribution in [0, 0.1) is 6.92 Å². The quantitative estimate of drug-likeness (QED) is 0.772. The van der Waals surface area contributed by atoms with Crippen molar-refractivity contribution in [2.75, 3.05) is 0 Å². The van der Waals surface area contributed by atoms with Gasteiger partial charge in [0.2, 0.25) is 0 Å². The molecule has 20 heavy (non-hydrogen) atoms. The molecule has 0 aliphatic rings. The fourth-order valence-corrected chi connectivity index (χ4v) is 2.72. The van der Waals surface area contributed by atoms with Gasteiger partial charge in [-0.2, -0.15) is 0 Å². The molecule has 0 fully saturated rings. The van der Waals surface area contributed by atoms with Crippen LogP contribution in [0.2, 0.25) is 0 Å². The molecular weight excluding hydrogens is 276 g/mol. The second-order valence-corrected chi connectivity index (χ2v) is 5.12. The van der Waals surface area contributed by atoms with Crippen molar-refractivity contribution in [1.29, 1.82) is 0 Å². The number of nitrogens with zero attached hydrogens (tertiary/aromatic N) is 3. The molecule has 100 valence electrons. The third kappa shape index (κ3) is 2.19. The highest BCUT2D eigenvalue weighted by Crippen LogP contribution is 2.29. The molecule has 2 N–H and O–H groups in total. The Hall–Kier alpha value is -2.54. The number of rotatable bonds is 3. The average molecular weight is 286 g/mol. The van der Waals surface area contributed by atoms with E-state index in [0.717, 1.165) is 22.6 Å². The maximum atomic E-state index is 11.1. The number of aromatic amines is 1. The maximum absolute atomic E-state index is 11.1. The number of hydrogen-bond donors (Lipinski definition) is 2. The maximum Gasteiger partial charge on any atom is 0.347 e. The minimum Gasteiger partial charge on any atom is -0.477 e. The predicted octanol–water partition coefficient (Wildman–Crippen LogP) is 2.60. The van der Waals surface area contributed by atoms with Gasteiger partial charge in [-0.3, -0.25) is 4.98 Å². The van der Waals surface area contributed by atoms with Gasteiger partial charge in [0.05, 0.1) is 17.7 Å². The van der Waals surface area contributed by atoms with Gasteiger partial charge < -0.3 is 10.1 Å². The van der Waals surface area contributed by atoms with Crippen molar-refractivity contribution in [3.05, 3.63) is 41.4 Å². The zero-order valence-corrected chi connectivity index (χ0v) is 11.3. The Bertz CT molecular complexity index is 765. The van der Waals surface area contributed by atoms with Crippen LogP contribution in [0.25, 0.3) is 22.0 Å². The van der Waals surface area contributed by atoms with E-state index in [9.17, 15) is 4.79 Å². The first-order chi connectivity index (χ1) is 9.65. The fraction of sp³-hybridized carbons (Fsp3) is 0.0769. The molecule has 0 aliphatic carbocycles. The van der Waals surface area contributed by atoms with Gasteiger partial charge in [-0.25, -0.2) is 14.8 Å². The molecule has 0 radical (unpaired) electrons. The van der Waals surface area contributed by atoms with E-state index in [1.807, 2.05) is 6.07 Å². The number of imidazole rings is 1. The van der Waals surface area contributed by atoms with Crippen LogP contribution in [0.3, 0.4) is 0 Å². The smallest absolute Gasteiger partial charge is 0.347 e. The van der Waals surface area contributed by atoms with E-state index in [-0.39, 0.29) is 4.88 Å². The Kier molecular flexibility index (Phi) is 3.03. The Balaban J connectivity index is 2.05. The molecule has 3 aromatic heterocycles. The van der Waals surface area contributed by atoms with Crippen LogP contribution in [-0.2, 0) is 0 Å². The van der Waals surface area contributed by atoms with Crippen molar-refractivity contribution in [2.24, 2.45) is 0 Å². The van der Waals surface area contributed by atoms with Crippen molar-refractivity contribution < 1.29 is 9.90 Å². The zero-order valence-electron chi connectivity index (χ0n) is 10.5. The number of aromatic nitrogens is 4. The summed E-state index contributed by atoms with van der Waals surface area (Å²) in [7, 11) is 0. The normalized spacial score (nSPS) is 10.7. The predicted molar refractivity (Wildman–Crippen MR) is 74.6 cm³/mol. The summed E-state index contributed by atoms with van der Waals surface area (Å²) in [5.41, 5.74) is 2.81. The van der Waals surface area contributed by atoms with Crippen LogP contribution in [0.1, 0.15) is 15.4 Å². The lowest BCUT2D eigenvalue weighted by atomic mass is 10.2. The molecule has 0 bridgehead atoms. The molecular formula is C13H10N4O2S. The number of thiazole rings is 1. The van der Waals surface area contributed by atoms with E-state index in [1.54, 1.807) is 31.7 Å². The van der Waals surface area contributed by atoms with Crippen molar-refractivity contribution in [3.63, 3.8) is 0 Å². The van der Waals surface area contributed by atoms with Crippen molar-refractivity contribution in [1.82, 2.24) is 19.9 Å². The Morgan fingerprint density at radius 1 is 1.35 bits per heavy atom. The molecule has 3 aromatic rings. The Morgan fingerprint density at radius 2 is 2.20 bits per heavy atom. The highest BCUT2D eigenvalue weighted by Gasteiger charge is 2.15. The van der Waals surface area contributed by atoms with E-state index in [1.165, 1.54) is 0 Å². The fourth-order valence-electron chi connectivity index (χ4n) is 1.82. The summed E-state index contributed by atoms with van der Waals surface area (Å²) < 4.78 is 0. The van der Waals surface area contributed by atoms with E-state index in [4.69, 9.17) is 5.11 Å². The molecule has 3 heterocycles. The number of hydrogen-bond acceptors (Lipinski definition) is 5. The summed E-state index contributed by atoms with van der Waals surface area (Å²) in [5, 5.41) is 9.74. The first-order valence-corrected chi connectivity index (χ1v) is 6.63. The van der Waals surface area contributed by atoms with Crippen LogP contribution in [0.15, 0.2) is 30.9 Å². The van der Waals surface area contributed by atoms with Crippen molar-refractivity contribution in [2.45, 2.75) is 6.92 Å². The molecule has 7 heteroatoms. The number of carboxylic acid groups (broad SMARTS) is 1. The molecule has 0 aromatic carbocycles. The number of nitrogens with one attached hydrogen (secondary N) is 1. The third-order valence-electron chi connectivity index (χ3n) is 2.76. The van der Waals surface area contributed by atoms with E-state index >= 15 is 0 Å². The zero-order chi connectivity index (χ0) is 14.1. The Labute approximate surface area is 118 Å². The molecule has 0 unspecified atom stereocenters. The summed E-state index contributed by atoms with van der Waals surface area (Å²) in [5.74, 6) is -0.951. The second-order valence-electron chi connectivity index (χ2n) is 4.12. The lowest BCUT2D eigenvalue weighted by Crippen LogP contribution is -1.94. The number of H-pyrrole nitrogens is 1. The number of carboxylic acids is 1. The standard InChI is InChI=1S/C13H10N4O2S/c1-7-11(13(18)19)20-12(17-7)8-2-3-15-9(4-8)10-5-14-6-16-10/h2-6H,1H3,(H,14,16)(H,18,19). The van der Waals surface area contributed by atoms with Gasteiger partial charge in [0, 0.05) is 18.0 Å². The van der Waals surface area contributed by atoms with Crippen LogP contribution >= 0.6 is 11.3 Å². The summed E-state index contributed by atoms with van der Waals surface area (Å²) in [6, 6.07) is 3.65. The molecule has 0 saturated heterocycles. The lowest BCUT2D eigenvalue weighted by molar-refractivity contribution is 0.0701. The average Bonchev–Trinajstić information content (AvgIpc) is 3.08. The highest BCUT2D eigenvalue weighted by atomic mass is 32.1. The van der Waals surface area contributed by atoms with Crippen molar-refractivity contribution in [3.8, 4) is 22.0 Å². The molecule has 0 aliphatic heterocycles. The molecule has 0 atom stereocenters. The van der Waals surface area contributed by atoms with Crippen LogP contribution in [0.5, 0.6) is 0 Å². The third-order valence-corrected chi connectivity index (χ3v) is 3.95. The van der Waals surface area contributed by atoms with Gasteiger partial charge in [-0.1, -0.05) is 0 Å². The minimum atomic E-state index is -0.951. The summed E-state index contributed by atoms with van der Waals surface area (Å²) in [6.07, 6.45) is 5.00. The largest absolute Gasteiger partial charge is 0.477 e. The van der Waals surface area contributed by atoms with Crippen LogP contribution < -0.4 is 0 Å². The second kappa shape index (κ2) is 4.86. The number of pyridine rings is 1. The molecule has 6 nitrogen and oxygen atoms in total. The topological polar surface area (TPSA) is 91.8 Å². The molecule has 3 rings (SSSR count).